The fourth-order valence-corrected chi connectivity index (χ4v) is 7.28. The van der Waals surface area contributed by atoms with Crippen molar-refractivity contribution in [1.82, 2.24) is 15.1 Å². The molecule has 208 valence electrons. The number of hydrogen-bond acceptors (Lipinski definition) is 5. The second kappa shape index (κ2) is 12.5. The van der Waals surface area contributed by atoms with Crippen LogP contribution in [-0.2, 0) is 14.3 Å². The van der Waals surface area contributed by atoms with Crippen LogP contribution in [0.25, 0.3) is 0 Å². The van der Waals surface area contributed by atoms with E-state index in [0.717, 1.165) is 31.7 Å². The van der Waals surface area contributed by atoms with Crippen LogP contribution in [0.4, 0.5) is 0 Å². The lowest BCUT2D eigenvalue weighted by atomic mass is 9.71. The molecule has 37 heavy (non-hydrogen) atoms. The second-order valence-electron chi connectivity index (χ2n) is 13.4. The molecule has 1 N–H and O–H groups in total. The van der Waals surface area contributed by atoms with E-state index in [1.54, 1.807) is 0 Å². The highest BCUT2D eigenvalue weighted by Gasteiger charge is 2.44. The first-order chi connectivity index (χ1) is 17.7. The molecule has 2 atom stereocenters. The number of carbonyl (C=O) groups excluding carboxylic acids is 2. The van der Waals surface area contributed by atoms with Gasteiger partial charge in [0.15, 0.2) is 0 Å². The van der Waals surface area contributed by atoms with Crippen molar-refractivity contribution in [1.29, 1.82) is 5.26 Å². The summed E-state index contributed by atoms with van der Waals surface area (Å²) >= 11 is 0. The molecule has 2 heterocycles. The predicted octanol–water partition coefficient (Wildman–Crippen LogP) is 4.51. The Hall–Kier alpha value is -1.65. The van der Waals surface area contributed by atoms with Gasteiger partial charge in [-0.2, -0.15) is 5.26 Å². The maximum Gasteiger partial charge on any atom is 0.224 e. The van der Waals surface area contributed by atoms with Gasteiger partial charge in [0, 0.05) is 44.6 Å². The smallest absolute Gasteiger partial charge is 0.224 e. The minimum atomic E-state index is -0.842. The molecule has 2 aliphatic carbocycles. The third kappa shape index (κ3) is 7.47. The van der Waals surface area contributed by atoms with Crippen LogP contribution in [0.1, 0.15) is 97.8 Å². The first kappa shape index (κ1) is 28.4. The molecule has 2 saturated carbocycles. The average molecular weight is 515 g/mol. The van der Waals surface area contributed by atoms with E-state index in [0.29, 0.717) is 56.6 Å². The number of amides is 2. The molecule has 0 unspecified atom stereocenters. The van der Waals surface area contributed by atoms with Crippen molar-refractivity contribution in [2.24, 2.45) is 23.2 Å². The number of nitrogens with zero attached hydrogens (tertiary/aromatic N) is 3. The van der Waals surface area contributed by atoms with Gasteiger partial charge in [-0.25, -0.2) is 0 Å². The Morgan fingerprint density at radius 3 is 2.32 bits per heavy atom. The minimum Gasteiger partial charge on any atom is -0.378 e. The van der Waals surface area contributed by atoms with Crippen LogP contribution in [0.2, 0.25) is 0 Å². The number of hydrogen-bond donors (Lipinski definition) is 1. The number of morpholine rings is 1. The van der Waals surface area contributed by atoms with Gasteiger partial charge in [0.25, 0.3) is 0 Å². The summed E-state index contributed by atoms with van der Waals surface area (Å²) in [5, 5.41) is 13.4. The lowest BCUT2D eigenvalue weighted by Gasteiger charge is -2.40. The summed E-state index contributed by atoms with van der Waals surface area (Å²) in [6, 6.07) is 3.01. The van der Waals surface area contributed by atoms with Crippen LogP contribution in [0.3, 0.4) is 0 Å². The summed E-state index contributed by atoms with van der Waals surface area (Å²) in [4.78, 5) is 31.1. The van der Waals surface area contributed by atoms with E-state index < -0.39 is 5.54 Å². The van der Waals surface area contributed by atoms with E-state index in [-0.39, 0.29) is 24.2 Å². The number of likely N-dealkylation sites (tertiary alicyclic amines) is 1. The zero-order chi connectivity index (χ0) is 26.5. The standard InChI is InChI=1S/C30H50N4O3/c1-29(2,3)25-9-11-26(12-10-25)34-14-13-30(21-31,22-34)32-28(36)24(19-23-7-5-4-6-8-23)20-27(35)33-15-17-37-18-16-33/h23-26H,4-20,22H2,1-3H3,(H,32,36)/t24-,25-,26+,30+/m1/s1. The molecule has 4 aliphatic rings. The summed E-state index contributed by atoms with van der Waals surface area (Å²) < 4.78 is 5.41. The Kier molecular flexibility index (Phi) is 9.56. The monoisotopic (exact) mass is 514 g/mol. The summed E-state index contributed by atoms with van der Waals surface area (Å²) in [5.41, 5.74) is -0.489. The van der Waals surface area contributed by atoms with Crippen molar-refractivity contribution in [2.45, 2.75) is 109 Å². The normalized spacial score (nSPS) is 31.0. The van der Waals surface area contributed by atoms with Gasteiger partial charge in [-0.05, 0) is 55.8 Å². The van der Waals surface area contributed by atoms with Gasteiger partial charge in [0.2, 0.25) is 11.8 Å². The molecule has 2 amide bonds. The van der Waals surface area contributed by atoms with Crippen molar-refractivity contribution in [3.8, 4) is 6.07 Å². The number of nitriles is 1. The molecule has 0 aromatic heterocycles. The molecule has 0 aromatic carbocycles. The molecule has 0 aromatic rings. The lowest BCUT2D eigenvalue weighted by molar-refractivity contribution is -0.140. The van der Waals surface area contributed by atoms with Gasteiger partial charge in [-0.1, -0.05) is 52.9 Å². The SMILES string of the molecule is CC(C)(C)[C@H]1CC[C@@H](N2CC[C@@](C#N)(NC(=O)[C@@H](CC(=O)N3CCOCC3)CC3CCCCC3)C2)CC1. The Balaban J connectivity index is 1.37. The summed E-state index contributed by atoms with van der Waals surface area (Å²) in [6.07, 6.45) is 12.5. The third-order valence-electron chi connectivity index (χ3n) is 9.81. The molecule has 7 heteroatoms. The van der Waals surface area contributed by atoms with Crippen LogP contribution in [-0.4, -0.2) is 72.6 Å². The van der Waals surface area contributed by atoms with E-state index in [9.17, 15) is 14.9 Å². The van der Waals surface area contributed by atoms with Crippen molar-refractivity contribution >= 4 is 11.8 Å². The molecular weight excluding hydrogens is 464 g/mol. The second-order valence-corrected chi connectivity index (χ2v) is 13.4. The van der Waals surface area contributed by atoms with E-state index in [1.165, 1.54) is 44.9 Å². The summed E-state index contributed by atoms with van der Waals surface area (Å²) in [7, 11) is 0. The number of nitrogens with one attached hydrogen (secondary N) is 1. The average Bonchev–Trinajstić information content (AvgIpc) is 3.33. The van der Waals surface area contributed by atoms with Crippen molar-refractivity contribution in [2.75, 3.05) is 39.4 Å². The third-order valence-corrected chi connectivity index (χ3v) is 9.81. The Morgan fingerprint density at radius 2 is 1.70 bits per heavy atom. The van der Waals surface area contributed by atoms with Crippen LogP contribution < -0.4 is 5.32 Å². The van der Waals surface area contributed by atoms with Crippen LogP contribution in [0, 0.1) is 34.5 Å². The highest BCUT2D eigenvalue weighted by atomic mass is 16.5. The molecular formula is C30H50N4O3. The topological polar surface area (TPSA) is 85.7 Å². The molecule has 0 bridgehead atoms. The zero-order valence-corrected chi connectivity index (χ0v) is 23.6. The molecule has 0 spiro atoms. The molecule has 7 nitrogen and oxygen atoms in total. The van der Waals surface area contributed by atoms with Gasteiger partial charge >= 0.3 is 0 Å². The fraction of sp³-hybridized carbons (Fsp3) is 0.900. The van der Waals surface area contributed by atoms with E-state index in [2.05, 4.69) is 37.1 Å². The van der Waals surface area contributed by atoms with Gasteiger partial charge < -0.3 is 15.0 Å². The largest absolute Gasteiger partial charge is 0.378 e. The van der Waals surface area contributed by atoms with E-state index >= 15 is 0 Å². The number of carbonyl (C=O) groups is 2. The van der Waals surface area contributed by atoms with Crippen LogP contribution in [0.5, 0.6) is 0 Å². The molecule has 0 radical (unpaired) electrons. The summed E-state index contributed by atoms with van der Waals surface area (Å²) in [6.45, 7) is 10.8. The van der Waals surface area contributed by atoms with Gasteiger partial charge in [0.05, 0.1) is 19.3 Å². The van der Waals surface area contributed by atoms with Crippen molar-refractivity contribution < 1.29 is 14.3 Å². The molecule has 2 saturated heterocycles. The first-order valence-electron chi connectivity index (χ1n) is 15.0. The van der Waals surface area contributed by atoms with Crippen LogP contribution >= 0.6 is 0 Å². The van der Waals surface area contributed by atoms with Crippen molar-refractivity contribution in [3.63, 3.8) is 0 Å². The maximum absolute atomic E-state index is 13.7. The number of ether oxygens (including phenoxy) is 1. The van der Waals surface area contributed by atoms with E-state index in [4.69, 9.17) is 4.74 Å². The quantitative estimate of drug-likeness (QED) is 0.540. The Bertz CT molecular complexity index is 814. The van der Waals surface area contributed by atoms with Crippen molar-refractivity contribution in [3.05, 3.63) is 0 Å². The minimum absolute atomic E-state index is 0.0499. The molecule has 4 fully saturated rings. The number of rotatable bonds is 7. The van der Waals surface area contributed by atoms with Gasteiger partial charge in [0.1, 0.15) is 5.54 Å². The summed E-state index contributed by atoms with van der Waals surface area (Å²) in [5.74, 6) is 0.857. The highest BCUT2D eigenvalue weighted by molar-refractivity contribution is 5.86. The van der Waals surface area contributed by atoms with E-state index in [1.807, 2.05) is 4.90 Å². The fourth-order valence-electron chi connectivity index (χ4n) is 7.28. The highest BCUT2D eigenvalue weighted by Crippen LogP contribution is 2.40. The maximum atomic E-state index is 13.7. The lowest BCUT2D eigenvalue weighted by Crippen LogP contribution is -2.53. The Morgan fingerprint density at radius 1 is 1.03 bits per heavy atom. The van der Waals surface area contributed by atoms with Gasteiger partial charge in [-0.15, -0.1) is 0 Å². The van der Waals surface area contributed by atoms with Gasteiger partial charge in [-0.3, -0.25) is 14.5 Å². The molecule has 4 rings (SSSR count). The molecule has 2 aliphatic heterocycles. The van der Waals surface area contributed by atoms with Crippen LogP contribution in [0.15, 0.2) is 0 Å². The Labute approximate surface area is 224 Å². The predicted molar refractivity (Wildman–Crippen MR) is 145 cm³/mol. The zero-order valence-electron chi connectivity index (χ0n) is 23.6. The first-order valence-corrected chi connectivity index (χ1v) is 15.0.